The normalized spacial score (nSPS) is 20.0. The Bertz CT molecular complexity index is 1440. The number of rotatable bonds is 5. The van der Waals surface area contributed by atoms with E-state index in [1.807, 2.05) is 51.9 Å². The molecule has 3 aromatic heterocycles. The van der Waals surface area contributed by atoms with Crippen LogP contribution in [0.4, 0.5) is 10.3 Å². The summed E-state index contributed by atoms with van der Waals surface area (Å²) in [5.41, 5.74) is 9.98. The summed E-state index contributed by atoms with van der Waals surface area (Å²) in [5.74, 6) is -0.0629. The zero-order valence-corrected chi connectivity index (χ0v) is 21.1. The molecule has 0 unspecified atom stereocenters. The van der Waals surface area contributed by atoms with Gasteiger partial charge in [0.15, 0.2) is 5.82 Å². The molecule has 0 atom stereocenters. The van der Waals surface area contributed by atoms with Crippen molar-refractivity contribution >= 4 is 17.5 Å². The quantitative estimate of drug-likeness (QED) is 0.374. The van der Waals surface area contributed by atoms with E-state index in [1.54, 1.807) is 6.20 Å². The van der Waals surface area contributed by atoms with E-state index in [9.17, 15) is 9.18 Å². The monoisotopic (exact) mass is 514 g/mol. The highest BCUT2D eigenvalue weighted by molar-refractivity contribution is 5.94. The first-order chi connectivity index (χ1) is 18.5. The van der Waals surface area contributed by atoms with Crippen LogP contribution in [0.5, 0.6) is 0 Å². The largest absolute Gasteiger partial charge is 0.351 e. The first-order valence-electron chi connectivity index (χ1n) is 13.2. The van der Waals surface area contributed by atoms with Crippen LogP contribution in [0.2, 0.25) is 0 Å². The van der Waals surface area contributed by atoms with Crippen LogP contribution in [0.3, 0.4) is 0 Å². The lowest BCUT2D eigenvalue weighted by molar-refractivity contribution is 0.0736. The molecule has 196 valence electrons. The number of carbonyl (C=O) groups is 1. The van der Waals surface area contributed by atoms with Crippen LogP contribution < -0.4 is 16.4 Å². The van der Waals surface area contributed by atoms with Crippen LogP contribution in [0.15, 0.2) is 55.0 Å². The third-order valence-electron chi connectivity index (χ3n) is 7.47. The van der Waals surface area contributed by atoms with Crippen molar-refractivity contribution in [2.75, 3.05) is 31.5 Å². The predicted molar refractivity (Wildman–Crippen MR) is 144 cm³/mol. The molecule has 0 radical (unpaired) electrons. The first kappa shape index (κ1) is 24.4. The van der Waals surface area contributed by atoms with Crippen LogP contribution in [-0.2, 0) is 0 Å². The minimum Gasteiger partial charge on any atom is -0.351 e. The fourth-order valence-corrected chi connectivity index (χ4v) is 5.24. The zero-order chi connectivity index (χ0) is 26.1. The van der Waals surface area contributed by atoms with Crippen molar-refractivity contribution in [1.82, 2.24) is 29.6 Å². The number of benzene rings is 1. The van der Waals surface area contributed by atoms with Gasteiger partial charge in [-0.15, -0.1) is 0 Å². The molecular formula is C28H31FN8O. The second-order valence-corrected chi connectivity index (χ2v) is 10.1. The lowest BCUT2D eigenvalue weighted by Gasteiger charge is -2.27. The van der Waals surface area contributed by atoms with Crippen LogP contribution in [0.25, 0.3) is 28.2 Å². The molecule has 10 heteroatoms. The summed E-state index contributed by atoms with van der Waals surface area (Å²) in [4.78, 5) is 27.8. The number of nitrogens with one attached hydrogen (secondary N) is 2. The molecular weight excluding hydrogens is 483 g/mol. The van der Waals surface area contributed by atoms with Gasteiger partial charge in [-0.25, -0.2) is 19.3 Å². The van der Waals surface area contributed by atoms with Crippen molar-refractivity contribution in [2.45, 2.75) is 37.8 Å². The Hall–Kier alpha value is -3.89. The van der Waals surface area contributed by atoms with E-state index >= 15 is 0 Å². The number of amides is 1. The molecule has 4 N–H and O–H groups in total. The Labute approximate surface area is 220 Å². The van der Waals surface area contributed by atoms with Gasteiger partial charge in [-0.1, -0.05) is 12.1 Å². The Balaban J connectivity index is 1.26. The zero-order valence-electron chi connectivity index (χ0n) is 21.1. The van der Waals surface area contributed by atoms with E-state index < -0.39 is 5.82 Å². The molecule has 1 saturated carbocycles. The second-order valence-electron chi connectivity index (χ2n) is 10.1. The van der Waals surface area contributed by atoms with Gasteiger partial charge in [0.25, 0.3) is 5.91 Å². The number of piperazine rings is 1. The van der Waals surface area contributed by atoms with Crippen molar-refractivity contribution in [1.29, 1.82) is 0 Å². The number of halogens is 1. The summed E-state index contributed by atoms with van der Waals surface area (Å²) in [6, 6.07) is 11.9. The van der Waals surface area contributed by atoms with E-state index in [1.165, 1.54) is 6.20 Å². The van der Waals surface area contributed by atoms with Crippen molar-refractivity contribution in [3.05, 3.63) is 66.4 Å². The fraction of sp³-hybridized carbons (Fsp3) is 0.357. The van der Waals surface area contributed by atoms with Crippen molar-refractivity contribution in [3.63, 3.8) is 0 Å². The van der Waals surface area contributed by atoms with Gasteiger partial charge < -0.3 is 21.3 Å². The number of anilines is 1. The molecule has 2 fully saturated rings. The topological polar surface area (TPSA) is 113 Å². The number of aromatic nitrogens is 4. The molecule has 4 heterocycles. The smallest absolute Gasteiger partial charge is 0.253 e. The number of nitrogens with zero attached hydrogens (tertiary/aromatic N) is 5. The van der Waals surface area contributed by atoms with Gasteiger partial charge in [-0.05, 0) is 61.1 Å². The maximum absolute atomic E-state index is 14.9. The summed E-state index contributed by atoms with van der Waals surface area (Å²) in [6.07, 6.45) is 8.53. The minimum absolute atomic E-state index is 0.0464. The minimum atomic E-state index is -0.510. The summed E-state index contributed by atoms with van der Waals surface area (Å²) in [7, 11) is 0. The molecule has 4 aromatic rings. The molecule has 0 bridgehead atoms. The fourth-order valence-electron chi connectivity index (χ4n) is 5.24. The molecule has 9 nitrogen and oxygen atoms in total. The summed E-state index contributed by atoms with van der Waals surface area (Å²) >= 11 is 0. The number of pyridine rings is 1. The highest BCUT2D eigenvalue weighted by Gasteiger charge is 2.21. The molecule has 6 rings (SSSR count). The first-order valence-corrected chi connectivity index (χ1v) is 13.2. The van der Waals surface area contributed by atoms with E-state index in [-0.39, 0.29) is 23.7 Å². The van der Waals surface area contributed by atoms with Gasteiger partial charge in [0, 0.05) is 50.0 Å². The van der Waals surface area contributed by atoms with Gasteiger partial charge >= 0.3 is 0 Å². The highest BCUT2D eigenvalue weighted by Crippen LogP contribution is 2.27. The number of imidazole rings is 1. The standard InChI is InChI=1S/C28H31FN8O/c29-23-15-33-28(34-22-8-6-21(30)7-9-22)35-26(23)24-16-32-25-10-5-20(17-37(24)25)18-1-3-19(4-2-18)27(38)36-13-11-31-12-14-36/h1-5,10,15-17,21-22,31H,6-9,11-14,30H2,(H,33,34,35). The van der Waals surface area contributed by atoms with Crippen molar-refractivity contribution < 1.29 is 9.18 Å². The number of hydrogen-bond donors (Lipinski definition) is 3. The van der Waals surface area contributed by atoms with Gasteiger partial charge in [0.2, 0.25) is 5.95 Å². The Morgan fingerprint density at radius 3 is 2.47 bits per heavy atom. The van der Waals surface area contributed by atoms with E-state index in [4.69, 9.17) is 5.73 Å². The second kappa shape index (κ2) is 10.5. The van der Waals surface area contributed by atoms with E-state index in [0.717, 1.165) is 49.9 Å². The molecule has 38 heavy (non-hydrogen) atoms. The van der Waals surface area contributed by atoms with Gasteiger partial charge in [0.1, 0.15) is 11.3 Å². The third-order valence-corrected chi connectivity index (χ3v) is 7.47. The SMILES string of the molecule is NC1CCC(Nc2ncc(F)c(-c3cnc4ccc(-c5ccc(C(=O)N6CCNCC6)cc5)cn34)n2)CC1. The van der Waals surface area contributed by atoms with Crippen molar-refractivity contribution in [2.24, 2.45) is 5.73 Å². The number of carbonyl (C=O) groups excluding carboxylic acids is 1. The predicted octanol–water partition coefficient (Wildman–Crippen LogP) is 3.32. The van der Waals surface area contributed by atoms with Gasteiger partial charge in [-0.2, -0.15) is 0 Å². The molecule has 0 spiro atoms. The molecule has 2 aliphatic rings. The maximum atomic E-state index is 14.9. The van der Waals surface area contributed by atoms with Crippen LogP contribution in [0, 0.1) is 5.82 Å². The van der Waals surface area contributed by atoms with E-state index in [0.29, 0.717) is 35.9 Å². The molecule has 1 amide bonds. The van der Waals surface area contributed by atoms with Crippen molar-refractivity contribution in [3.8, 4) is 22.5 Å². The number of fused-ring (bicyclic) bond motifs is 1. The lowest BCUT2D eigenvalue weighted by Crippen LogP contribution is -2.46. The van der Waals surface area contributed by atoms with Gasteiger partial charge in [-0.3, -0.25) is 9.20 Å². The Kier molecular flexibility index (Phi) is 6.73. The average molecular weight is 515 g/mol. The van der Waals surface area contributed by atoms with E-state index in [2.05, 4.69) is 25.6 Å². The van der Waals surface area contributed by atoms with Crippen LogP contribution >= 0.6 is 0 Å². The summed E-state index contributed by atoms with van der Waals surface area (Å²) in [6.45, 7) is 3.06. The molecule has 1 aliphatic heterocycles. The number of nitrogens with two attached hydrogens (primary N) is 1. The molecule has 1 saturated heterocycles. The number of hydrogen-bond acceptors (Lipinski definition) is 7. The maximum Gasteiger partial charge on any atom is 0.253 e. The lowest BCUT2D eigenvalue weighted by atomic mass is 9.92. The highest BCUT2D eigenvalue weighted by atomic mass is 19.1. The molecule has 1 aliphatic carbocycles. The summed E-state index contributed by atoms with van der Waals surface area (Å²) < 4.78 is 16.8. The molecule has 1 aromatic carbocycles. The summed E-state index contributed by atoms with van der Waals surface area (Å²) in [5, 5.41) is 6.61. The van der Waals surface area contributed by atoms with Crippen LogP contribution in [0.1, 0.15) is 36.0 Å². The Morgan fingerprint density at radius 2 is 1.71 bits per heavy atom. The van der Waals surface area contributed by atoms with Crippen LogP contribution in [-0.4, -0.2) is 68.4 Å². The third kappa shape index (κ3) is 4.97. The van der Waals surface area contributed by atoms with Gasteiger partial charge in [0.05, 0.1) is 18.1 Å². The average Bonchev–Trinajstić information content (AvgIpc) is 3.38. The Morgan fingerprint density at radius 1 is 0.974 bits per heavy atom.